The summed E-state index contributed by atoms with van der Waals surface area (Å²) in [6.45, 7) is 0. The molecular formula is C13H15BrF2OS. The minimum Gasteiger partial charge on any atom is -0.388 e. The van der Waals surface area contributed by atoms with Crippen molar-refractivity contribution >= 4 is 27.7 Å². The number of halogens is 3. The van der Waals surface area contributed by atoms with E-state index in [4.69, 9.17) is 0 Å². The Morgan fingerprint density at radius 2 is 2.00 bits per heavy atom. The van der Waals surface area contributed by atoms with Crippen molar-refractivity contribution in [2.24, 2.45) is 5.92 Å². The van der Waals surface area contributed by atoms with Crippen LogP contribution >= 0.6 is 27.7 Å². The zero-order valence-electron chi connectivity index (χ0n) is 9.83. The standard InChI is InChI=1S/C13H15BrF2OS/c14-9-1-2-10(15)12(13(9)16)11(17)7-8-3-5-18-6-4-8/h1-2,8,11,17H,3-7H2. The zero-order chi connectivity index (χ0) is 13.1. The van der Waals surface area contributed by atoms with Gasteiger partial charge in [-0.2, -0.15) is 11.8 Å². The first kappa shape index (κ1) is 14.3. The van der Waals surface area contributed by atoms with Crippen molar-refractivity contribution in [2.45, 2.75) is 25.4 Å². The SMILES string of the molecule is OC(CC1CCSCC1)c1c(F)ccc(Br)c1F. The summed E-state index contributed by atoms with van der Waals surface area (Å²) in [6.07, 6.45) is 1.40. The van der Waals surface area contributed by atoms with Gasteiger partial charge in [0.1, 0.15) is 11.6 Å². The lowest BCUT2D eigenvalue weighted by Gasteiger charge is -2.24. The van der Waals surface area contributed by atoms with Crippen molar-refractivity contribution in [2.75, 3.05) is 11.5 Å². The van der Waals surface area contributed by atoms with Crippen molar-refractivity contribution in [3.8, 4) is 0 Å². The first-order chi connectivity index (χ1) is 8.59. The maximum Gasteiger partial charge on any atom is 0.146 e. The summed E-state index contributed by atoms with van der Waals surface area (Å²) in [5.74, 6) is 1.14. The van der Waals surface area contributed by atoms with Crippen LogP contribution in [-0.2, 0) is 0 Å². The molecule has 1 saturated heterocycles. The number of benzene rings is 1. The molecule has 1 atom stereocenters. The second kappa shape index (κ2) is 6.35. The number of rotatable bonds is 3. The van der Waals surface area contributed by atoms with Gasteiger partial charge in [0.15, 0.2) is 0 Å². The number of aliphatic hydroxyl groups excluding tert-OH is 1. The lowest BCUT2D eigenvalue weighted by atomic mass is 9.92. The van der Waals surface area contributed by atoms with Crippen molar-refractivity contribution in [1.29, 1.82) is 0 Å². The van der Waals surface area contributed by atoms with Crippen LogP contribution in [0.25, 0.3) is 0 Å². The molecule has 2 rings (SSSR count). The molecule has 100 valence electrons. The molecule has 1 aromatic rings. The number of thioether (sulfide) groups is 1. The Morgan fingerprint density at radius 3 is 2.67 bits per heavy atom. The van der Waals surface area contributed by atoms with Crippen LogP contribution < -0.4 is 0 Å². The predicted octanol–water partition coefficient (Wildman–Crippen LogP) is 4.29. The van der Waals surface area contributed by atoms with Crippen LogP contribution in [0.4, 0.5) is 8.78 Å². The van der Waals surface area contributed by atoms with Crippen molar-refractivity contribution in [3.63, 3.8) is 0 Å². The largest absolute Gasteiger partial charge is 0.388 e. The van der Waals surface area contributed by atoms with Gasteiger partial charge in [-0.05, 0) is 64.7 Å². The second-order valence-corrected chi connectivity index (χ2v) is 6.64. The van der Waals surface area contributed by atoms with Crippen LogP contribution in [-0.4, -0.2) is 16.6 Å². The van der Waals surface area contributed by atoms with Crippen molar-refractivity contribution in [3.05, 3.63) is 33.8 Å². The predicted molar refractivity (Wildman–Crippen MR) is 73.7 cm³/mol. The highest BCUT2D eigenvalue weighted by molar-refractivity contribution is 9.10. The lowest BCUT2D eigenvalue weighted by molar-refractivity contribution is 0.132. The van der Waals surface area contributed by atoms with Gasteiger partial charge in [-0.1, -0.05) is 0 Å². The third-order valence-corrected chi connectivity index (χ3v) is 4.97. The van der Waals surface area contributed by atoms with E-state index < -0.39 is 17.7 Å². The Kier molecular flexibility index (Phi) is 5.04. The highest BCUT2D eigenvalue weighted by Crippen LogP contribution is 2.34. The Bertz CT molecular complexity index is 422. The molecule has 0 aromatic heterocycles. The fourth-order valence-corrected chi connectivity index (χ4v) is 3.81. The molecule has 0 saturated carbocycles. The van der Waals surface area contributed by atoms with E-state index in [2.05, 4.69) is 15.9 Å². The summed E-state index contributed by atoms with van der Waals surface area (Å²) in [5, 5.41) is 10.1. The Hall–Kier alpha value is -0.130. The molecule has 1 aliphatic rings. The van der Waals surface area contributed by atoms with Gasteiger partial charge in [0.05, 0.1) is 16.1 Å². The summed E-state index contributed by atoms with van der Waals surface area (Å²) >= 11 is 4.91. The Morgan fingerprint density at radius 1 is 1.33 bits per heavy atom. The van der Waals surface area contributed by atoms with Gasteiger partial charge in [-0.25, -0.2) is 8.78 Å². The van der Waals surface area contributed by atoms with Gasteiger partial charge in [-0.15, -0.1) is 0 Å². The summed E-state index contributed by atoms with van der Waals surface area (Å²) in [4.78, 5) is 0. The summed E-state index contributed by atoms with van der Waals surface area (Å²) in [6, 6.07) is 2.50. The van der Waals surface area contributed by atoms with Gasteiger partial charge in [0.2, 0.25) is 0 Å². The summed E-state index contributed by atoms with van der Waals surface area (Å²) < 4.78 is 27.6. The van der Waals surface area contributed by atoms with Crippen LogP contribution in [0, 0.1) is 17.6 Å². The average molecular weight is 337 g/mol. The Labute approximate surface area is 118 Å². The topological polar surface area (TPSA) is 20.2 Å². The summed E-state index contributed by atoms with van der Waals surface area (Å²) in [5.41, 5.74) is -0.206. The minimum absolute atomic E-state index is 0.192. The molecule has 18 heavy (non-hydrogen) atoms. The second-order valence-electron chi connectivity index (χ2n) is 4.56. The van der Waals surface area contributed by atoms with Gasteiger partial charge < -0.3 is 5.11 Å². The molecule has 1 nitrogen and oxygen atoms in total. The molecule has 0 bridgehead atoms. The van der Waals surface area contributed by atoms with Crippen LogP contribution in [0.3, 0.4) is 0 Å². The van der Waals surface area contributed by atoms with E-state index in [0.29, 0.717) is 12.3 Å². The molecule has 1 aromatic carbocycles. The van der Waals surface area contributed by atoms with Gasteiger partial charge >= 0.3 is 0 Å². The third-order valence-electron chi connectivity index (χ3n) is 3.31. The third kappa shape index (κ3) is 3.25. The van der Waals surface area contributed by atoms with Crippen molar-refractivity contribution in [1.82, 2.24) is 0 Å². The highest BCUT2D eigenvalue weighted by Gasteiger charge is 2.24. The zero-order valence-corrected chi connectivity index (χ0v) is 12.2. The molecule has 0 aliphatic carbocycles. The monoisotopic (exact) mass is 336 g/mol. The number of aliphatic hydroxyl groups is 1. The molecule has 1 aliphatic heterocycles. The lowest BCUT2D eigenvalue weighted by Crippen LogP contribution is -2.15. The first-order valence-electron chi connectivity index (χ1n) is 5.98. The van der Waals surface area contributed by atoms with E-state index in [1.165, 1.54) is 12.1 Å². The molecule has 5 heteroatoms. The van der Waals surface area contributed by atoms with E-state index in [0.717, 1.165) is 24.3 Å². The molecule has 0 radical (unpaired) electrons. The van der Waals surface area contributed by atoms with E-state index >= 15 is 0 Å². The van der Waals surface area contributed by atoms with E-state index in [-0.39, 0.29) is 10.0 Å². The molecule has 0 spiro atoms. The van der Waals surface area contributed by atoms with Crippen LogP contribution in [0.2, 0.25) is 0 Å². The normalized spacial score (nSPS) is 18.9. The summed E-state index contributed by atoms with van der Waals surface area (Å²) in [7, 11) is 0. The van der Waals surface area contributed by atoms with E-state index in [1.54, 1.807) is 0 Å². The van der Waals surface area contributed by atoms with E-state index in [1.807, 2.05) is 11.8 Å². The molecule has 1 unspecified atom stereocenters. The number of hydrogen-bond acceptors (Lipinski definition) is 2. The van der Waals surface area contributed by atoms with Crippen LogP contribution in [0.1, 0.15) is 30.9 Å². The molecule has 1 N–H and O–H groups in total. The first-order valence-corrected chi connectivity index (χ1v) is 7.93. The average Bonchev–Trinajstić information content (AvgIpc) is 2.36. The smallest absolute Gasteiger partial charge is 0.146 e. The van der Waals surface area contributed by atoms with Crippen molar-refractivity contribution < 1.29 is 13.9 Å². The van der Waals surface area contributed by atoms with Gasteiger partial charge in [0, 0.05) is 0 Å². The Balaban J connectivity index is 2.12. The van der Waals surface area contributed by atoms with Gasteiger partial charge in [0.25, 0.3) is 0 Å². The minimum atomic E-state index is -1.06. The number of hydrogen-bond donors (Lipinski definition) is 1. The maximum absolute atomic E-state index is 13.8. The fraction of sp³-hybridized carbons (Fsp3) is 0.538. The van der Waals surface area contributed by atoms with Crippen LogP contribution in [0.15, 0.2) is 16.6 Å². The molecular weight excluding hydrogens is 322 g/mol. The maximum atomic E-state index is 13.8. The van der Waals surface area contributed by atoms with Gasteiger partial charge in [-0.3, -0.25) is 0 Å². The van der Waals surface area contributed by atoms with Crippen LogP contribution in [0.5, 0.6) is 0 Å². The molecule has 1 fully saturated rings. The highest BCUT2D eigenvalue weighted by atomic mass is 79.9. The quantitative estimate of drug-likeness (QED) is 0.830. The molecule has 0 amide bonds. The fourth-order valence-electron chi connectivity index (χ4n) is 2.26. The van der Waals surface area contributed by atoms with E-state index in [9.17, 15) is 13.9 Å². The molecule has 1 heterocycles.